The summed E-state index contributed by atoms with van der Waals surface area (Å²) in [5.74, 6) is 0. The molecule has 0 amide bonds. The first-order valence-electron chi connectivity index (χ1n) is 5.38. The van der Waals surface area contributed by atoms with Crippen molar-refractivity contribution in [2.45, 2.75) is 38.8 Å². The molecule has 0 aromatic rings. The van der Waals surface area contributed by atoms with Gasteiger partial charge in [-0.15, -0.1) is 7.92 Å². The van der Waals surface area contributed by atoms with Crippen LogP contribution in [0.2, 0.25) is 0 Å². The Labute approximate surface area is 96.4 Å². The largest absolute Gasteiger partial charge is 0.673 e. The van der Waals surface area contributed by atoms with Crippen LogP contribution in [0.15, 0.2) is 12.2 Å². The Bertz CT molecular complexity index is 204. The normalized spacial score (nSPS) is 18.7. The third-order valence-electron chi connectivity index (χ3n) is 2.25. The van der Waals surface area contributed by atoms with Gasteiger partial charge in [0.2, 0.25) is 0 Å². The topological polar surface area (TPSA) is 0 Å². The lowest BCUT2D eigenvalue weighted by Gasteiger charge is -2.30. The van der Waals surface area contributed by atoms with Crippen molar-refractivity contribution in [3.8, 4) is 0 Å². The van der Waals surface area contributed by atoms with E-state index in [9.17, 15) is 17.3 Å². The van der Waals surface area contributed by atoms with E-state index >= 15 is 0 Å². The quantitative estimate of drug-likeness (QED) is 0.250. The van der Waals surface area contributed by atoms with Crippen LogP contribution in [0.5, 0.6) is 0 Å². The van der Waals surface area contributed by atoms with Gasteiger partial charge < -0.3 is 17.3 Å². The lowest BCUT2D eigenvalue weighted by Crippen LogP contribution is -2.14. The third-order valence-corrected chi connectivity index (χ3v) is 5.74. The fourth-order valence-corrected chi connectivity index (χ4v) is 3.97. The predicted octanol–water partition coefficient (Wildman–Crippen LogP) is 4.92. The Morgan fingerprint density at radius 2 is 1.25 bits per heavy atom. The lowest BCUT2D eigenvalue weighted by atomic mass is 10.3. The van der Waals surface area contributed by atoms with Gasteiger partial charge in [-0.05, 0) is 30.3 Å². The number of hydrogen-bond donors (Lipinski definition) is 0. The van der Waals surface area contributed by atoms with E-state index in [0.717, 1.165) is 0 Å². The monoisotopic (exact) mass is 257 g/mol. The smallest absolute Gasteiger partial charge is 0.418 e. The second kappa shape index (κ2) is 6.63. The molecule has 0 nitrogen and oxygen atoms in total. The highest BCUT2D eigenvalue weighted by atomic mass is 31.1. The van der Waals surface area contributed by atoms with Crippen LogP contribution >= 0.6 is 7.92 Å². The molecule has 0 aromatic heterocycles. The number of rotatable bonds is 0. The summed E-state index contributed by atoms with van der Waals surface area (Å²) < 4.78 is 39.0. The number of hydrogen-bond acceptors (Lipinski definition) is 0. The van der Waals surface area contributed by atoms with Gasteiger partial charge in [0.25, 0.3) is 0 Å². The molecule has 0 bridgehead atoms. The summed E-state index contributed by atoms with van der Waals surface area (Å²) in [7, 11) is -5.70. The van der Waals surface area contributed by atoms with Gasteiger partial charge in [-0.25, -0.2) is 0 Å². The van der Waals surface area contributed by atoms with Gasteiger partial charge in [-0.1, -0.05) is 32.9 Å². The second-order valence-electron chi connectivity index (χ2n) is 4.70. The van der Waals surface area contributed by atoms with Crippen molar-refractivity contribution >= 4 is 15.2 Å². The summed E-state index contributed by atoms with van der Waals surface area (Å²) in [4.78, 5) is 0. The van der Waals surface area contributed by atoms with Gasteiger partial charge in [0.05, 0.1) is 0 Å². The molecule has 0 aromatic carbocycles. The first kappa shape index (κ1) is 16.0. The minimum atomic E-state index is -6.00. The molecule has 6 heteroatoms. The molecule has 0 atom stereocenters. The van der Waals surface area contributed by atoms with Crippen LogP contribution in [0.25, 0.3) is 0 Å². The average Bonchev–Trinajstić information content (AvgIpc) is 2.25. The number of halogens is 4. The van der Waals surface area contributed by atoms with Crippen molar-refractivity contribution in [3.05, 3.63) is 12.2 Å². The lowest BCUT2D eigenvalue weighted by molar-refractivity contribution is 0.368. The van der Waals surface area contributed by atoms with Crippen molar-refractivity contribution in [1.29, 1.82) is 0 Å². The minimum absolute atomic E-state index is 0.298. The molecular weight excluding hydrogens is 238 g/mol. The van der Waals surface area contributed by atoms with Crippen LogP contribution in [0.3, 0.4) is 0 Å². The summed E-state index contributed by atoms with van der Waals surface area (Å²) in [6.45, 7) is 7.18. The first-order chi connectivity index (χ1) is 7.11. The van der Waals surface area contributed by atoms with E-state index in [2.05, 4.69) is 32.9 Å². The van der Waals surface area contributed by atoms with E-state index in [4.69, 9.17) is 0 Å². The SMILES string of the molecule is CC(C)(C)P1CCC=CCC1.F[B-](F)(F)F. The number of allylic oxidation sites excluding steroid dienone is 2. The van der Waals surface area contributed by atoms with Gasteiger partial charge >= 0.3 is 7.25 Å². The molecule has 0 saturated heterocycles. The Kier molecular flexibility index (Phi) is 6.61. The molecule has 0 aliphatic carbocycles. The molecule has 1 heterocycles. The van der Waals surface area contributed by atoms with Crippen LogP contribution < -0.4 is 0 Å². The van der Waals surface area contributed by atoms with E-state index in [1.165, 1.54) is 25.2 Å². The van der Waals surface area contributed by atoms with Crippen molar-refractivity contribution in [2.75, 3.05) is 12.3 Å². The molecular formula is C10H19BF4P-. The van der Waals surface area contributed by atoms with Gasteiger partial charge in [0.1, 0.15) is 0 Å². The minimum Gasteiger partial charge on any atom is -0.418 e. The van der Waals surface area contributed by atoms with E-state index < -0.39 is 7.25 Å². The predicted molar refractivity (Wildman–Crippen MR) is 65.0 cm³/mol. The highest BCUT2D eigenvalue weighted by Gasteiger charge is 2.22. The Morgan fingerprint density at radius 1 is 0.938 bits per heavy atom. The zero-order valence-electron chi connectivity index (χ0n) is 10.0. The van der Waals surface area contributed by atoms with Crippen LogP contribution in [0, 0.1) is 0 Å². The van der Waals surface area contributed by atoms with Gasteiger partial charge in [0.15, 0.2) is 0 Å². The summed E-state index contributed by atoms with van der Waals surface area (Å²) in [5, 5.41) is 0.585. The van der Waals surface area contributed by atoms with Crippen molar-refractivity contribution in [1.82, 2.24) is 0 Å². The van der Waals surface area contributed by atoms with E-state index in [-0.39, 0.29) is 0 Å². The van der Waals surface area contributed by atoms with Crippen molar-refractivity contribution in [2.24, 2.45) is 0 Å². The summed E-state index contributed by atoms with van der Waals surface area (Å²) in [6.07, 6.45) is 10.3. The van der Waals surface area contributed by atoms with E-state index in [1.807, 2.05) is 0 Å². The molecule has 0 fully saturated rings. The van der Waals surface area contributed by atoms with Crippen LogP contribution in [-0.2, 0) is 0 Å². The maximum atomic E-state index is 9.75. The zero-order valence-corrected chi connectivity index (χ0v) is 10.9. The van der Waals surface area contributed by atoms with E-state index in [1.54, 1.807) is 0 Å². The van der Waals surface area contributed by atoms with Crippen LogP contribution in [0.4, 0.5) is 17.3 Å². The molecule has 0 N–H and O–H groups in total. The molecule has 1 aliphatic heterocycles. The second-order valence-corrected chi connectivity index (χ2v) is 8.02. The standard InChI is InChI=1S/C10H19P.BF4/c1-10(2,3)11-8-6-4-5-7-9-11;2-1(3,4)5/h4-5H,6-9H2,1-3H3;/q;-1. The zero-order chi connectivity index (χ0) is 12.8. The van der Waals surface area contributed by atoms with Gasteiger partial charge in [-0.2, -0.15) is 0 Å². The highest BCUT2D eigenvalue weighted by molar-refractivity contribution is 7.59. The first-order valence-corrected chi connectivity index (χ1v) is 7.09. The van der Waals surface area contributed by atoms with Crippen molar-refractivity contribution < 1.29 is 17.3 Å². The summed E-state index contributed by atoms with van der Waals surface area (Å²) >= 11 is 0. The average molecular weight is 257 g/mol. The Morgan fingerprint density at radius 3 is 1.50 bits per heavy atom. The molecule has 16 heavy (non-hydrogen) atoms. The molecule has 0 saturated carbocycles. The van der Waals surface area contributed by atoms with Crippen molar-refractivity contribution in [3.63, 3.8) is 0 Å². The summed E-state index contributed by atoms with van der Waals surface area (Å²) in [6, 6.07) is 0. The maximum absolute atomic E-state index is 9.75. The molecule has 96 valence electrons. The maximum Gasteiger partial charge on any atom is 0.673 e. The molecule has 0 unspecified atom stereocenters. The van der Waals surface area contributed by atoms with Crippen LogP contribution in [0.1, 0.15) is 33.6 Å². The Hall–Kier alpha value is -0.0451. The summed E-state index contributed by atoms with van der Waals surface area (Å²) in [5.41, 5.74) is 0. The molecule has 1 rings (SSSR count). The molecule has 0 radical (unpaired) electrons. The van der Waals surface area contributed by atoms with Gasteiger partial charge in [-0.3, -0.25) is 0 Å². The fraction of sp³-hybridized carbons (Fsp3) is 0.800. The van der Waals surface area contributed by atoms with Gasteiger partial charge in [0, 0.05) is 0 Å². The highest BCUT2D eigenvalue weighted by Crippen LogP contribution is 2.50. The fourth-order valence-electron chi connectivity index (χ4n) is 1.48. The van der Waals surface area contributed by atoms with Crippen LogP contribution in [-0.4, -0.2) is 24.7 Å². The third kappa shape index (κ3) is 10.5. The molecule has 0 spiro atoms. The van der Waals surface area contributed by atoms with E-state index in [0.29, 0.717) is 13.1 Å². The molecule has 1 aliphatic rings. The Balaban J connectivity index is 0.000000385.